The Hall–Kier alpha value is -0.120. The Labute approximate surface area is 102 Å². The lowest BCUT2D eigenvalue weighted by atomic mass is 9.97. The number of ether oxygens (including phenoxy) is 1. The van der Waals surface area contributed by atoms with Crippen molar-refractivity contribution in [1.29, 1.82) is 0 Å². The third kappa shape index (κ3) is 2.19. The van der Waals surface area contributed by atoms with E-state index >= 15 is 0 Å². The SMILES string of the molecule is Fc1c(Br)cccc1C1OCCC1CCl. The van der Waals surface area contributed by atoms with Gasteiger partial charge in [-0.2, -0.15) is 0 Å². The monoisotopic (exact) mass is 292 g/mol. The number of halogens is 3. The molecule has 1 nitrogen and oxygen atoms in total. The summed E-state index contributed by atoms with van der Waals surface area (Å²) >= 11 is 9.00. The molecule has 82 valence electrons. The molecule has 1 aromatic rings. The molecule has 1 heterocycles. The van der Waals surface area contributed by atoms with Gasteiger partial charge in [0.1, 0.15) is 5.82 Å². The van der Waals surface area contributed by atoms with Crippen LogP contribution in [0, 0.1) is 11.7 Å². The van der Waals surface area contributed by atoms with Crippen LogP contribution in [-0.4, -0.2) is 12.5 Å². The van der Waals surface area contributed by atoms with E-state index in [1.54, 1.807) is 12.1 Å². The molecule has 2 rings (SSSR count). The molecular weight excluding hydrogens is 282 g/mol. The highest BCUT2D eigenvalue weighted by atomic mass is 79.9. The van der Waals surface area contributed by atoms with Gasteiger partial charge in [0.05, 0.1) is 10.6 Å². The fraction of sp³-hybridized carbons (Fsp3) is 0.455. The summed E-state index contributed by atoms with van der Waals surface area (Å²) in [5, 5.41) is 0. The molecular formula is C11H11BrClFO. The molecule has 1 saturated heterocycles. The smallest absolute Gasteiger partial charge is 0.143 e. The van der Waals surface area contributed by atoms with Crippen LogP contribution >= 0.6 is 27.5 Å². The lowest BCUT2D eigenvalue weighted by Gasteiger charge is -2.17. The van der Waals surface area contributed by atoms with Gasteiger partial charge in [-0.25, -0.2) is 4.39 Å². The van der Waals surface area contributed by atoms with E-state index in [2.05, 4.69) is 15.9 Å². The van der Waals surface area contributed by atoms with Gasteiger partial charge in [-0.15, -0.1) is 11.6 Å². The molecule has 1 aliphatic rings. The molecule has 0 aromatic heterocycles. The van der Waals surface area contributed by atoms with Crippen LogP contribution in [0.1, 0.15) is 18.1 Å². The summed E-state index contributed by atoms with van der Waals surface area (Å²) in [7, 11) is 0. The van der Waals surface area contributed by atoms with E-state index in [0.717, 1.165) is 6.42 Å². The molecule has 1 fully saturated rings. The maximum Gasteiger partial charge on any atom is 0.143 e. The van der Waals surface area contributed by atoms with Crippen molar-refractivity contribution in [3.8, 4) is 0 Å². The molecule has 0 bridgehead atoms. The van der Waals surface area contributed by atoms with E-state index in [1.807, 2.05) is 6.07 Å². The number of alkyl halides is 1. The standard InChI is InChI=1S/C11H11BrClFO/c12-9-3-1-2-8(10(9)14)11-7(6-13)4-5-15-11/h1-3,7,11H,4-6H2. The zero-order valence-corrected chi connectivity index (χ0v) is 10.4. The second-order valence-electron chi connectivity index (χ2n) is 3.64. The van der Waals surface area contributed by atoms with Crippen molar-refractivity contribution in [2.45, 2.75) is 12.5 Å². The first kappa shape index (κ1) is 11.4. The summed E-state index contributed by atoms with van der Waals surface area (Å²) in [5.74, 6) is 0.492. The largest absolute Gasteiger partial charge is 0.373 e. The molecule has 0 saturated carbocycles. The molecule has 0 aliphatic carbocycles. The first-order valence-corrected chi connectivity index (χ1v) is 6.18. The van der Waals surface area contributed by atoms with Crippen LogP contribution < -0.4 is 0 Å². The van der Waals surface area contributed by atoms with Crippen molar-refractivity contribution in [3.63, 3.8) is 0 Å². The second kappa shape index (κ2) is 4.81. The Morgan fingerprint density at radius 1 is 1.53 bits per heavy atom. The van der Waals surface area contributed by atoms with Crippen molar-refractivity contribution in [2.24, 2.45) is 5.92 Å². The van der Waals surface area contributed by atoms with Crippen molar-refractivity contribution in [2.75, 3.05) is 12.5 Å². The molecule has 2 atom stereocenters. The highest BCUT2D eigenvalue weighted by molar-refractivity contribution is 9.10. The summed E-state index contributed by atoms with van der Waals surface area (Å²) in [4.78, 5) is 0. The van der Waals surface area contributed by atoms with Gasteiger partial charge in [-0.1, -0.05) is 12.1 Å². The van der Waals surface area contributed by atoms with Gasteiger partial charge in [-0.3, -0.25) is 0 Å². The lowest BCUT2D eigenvalue weighted by molar-refractivity contribution is 0.0920. The van der Waals surface area contributed by atoms with E-state index in [1.165, 1.54) is 0 Å². The van der Waals surface area contributed by atoms with E-state index in [-0.39, 0.29) is 17.8 Å². The Bertz CT molecular complexity index is 358. The number of hydrogen-bond donors (Lipinski definition) is 0. The molecule has 0 N–H and O–H groups in total. The zero-order valence-electron chi connectivity index (χ0n) is 8.05. The normalized spacial score (nSPS) is 25.8. The average molecular weight is 294 g/mol. The van der Waals surface area contributed by atoms with Crippen LogP contribution in [-0.2, 0) is 4.74 Å². The van der Waals surface area contributed by atoms with Crippen molar-refractivity contribution in [3.05, 3.63) is 34.1 Å². The van der Waals surface area contributed by atoms with Gasteiger partial charge in [0, 0.05) is 24.0 Å². The summed E-state index contributed by atoms with van der Waals surface area (Å²) in [5.41, 5.74) is 0.604. The van der Waals surface area contributed by atoms with Crippen LogP contribution in [0.3, 0.4) is 0 Å². The average Bonchev–Trinajstić information content (AvgIpc) is 2.70. The van der Waals surface area contributed by atoms with Crippen molar-refractivity contribution >= 4 is 27.5 Å². The van der Waals surface area contributed by atoms with E-state index in [0.29, 0.717) is 22.5 Å². The van der Waals surface area contributed by atoms with Gasteiger partial charge in [0.15, 0.2) is 0 Å². The Morgan fingerprint density at radius 3 is 3.07 bits per heavy atom. The number of rotatable bonds is 2. The Kier molecular flexibility index (Phi) is 3.65. The molecule has 0 radical (unpaired) electrons. The molecule has 2 unspecified atom stereocenters. The summed E-state index contributed by atoms with van der Waals surface area (Å²) in [6.07, 6.45) is 0.708. The van der Waals surface area contributed by atoms with Gasteiger partial charge in [0.2, 0.25) is 0 Å². The molecule has 1 aliphatic heterocycles. The predicted octanol–water partition coefficient (Wildman–Crippen LogP) is 3.90. The lowest BCUT2D eigenvalue weighted by Crippen LogP contribution is -2.10. The third-order valence-electron chi connectivity index (χ3n) is 2.70. The van der Waals surface area contributed by atoms with E-state index < -0.39 is 0 Å². The molecule has 15 heavy (non-hydrogen) atoms. The summed E-state index contributed by atoms with van der Waals surface area (Å²) < 4.78 is 19.8. The van der Waals surface area contributed by atoms with Gasteiger partial charge in [-0.05, 0) is 28.4 Å². The molecule has 0 spiro atoms. The van der Waals surface area contributed by atoms with Crippen LogP contribution in [0.2, 0.25) is 0 Å². The molecule has 4 heteroatoms. The zero-order chi connectivity index (χ0) is 10.8. The minimum absolute atomic E-state index is 0.194. The number of benzene rings is 1. The highest BCUT2D eigenvalue weighted by Gasteiger charge is 2.31. The quantitative estimate of drug-likeness (QED) is 0.751. The van der Waals surface area contributed by atoms with Crippen molar-refractivity contribution in [1.82, 2.24) is 0 Å². The maximum absolute atomic E-state index is 13.8. The minimum atomic E-state index is -0.237. The maximum atomic E-state index is 13.8. The third-order valence-corrected chi connectivity index (χ3v) is 3.71. The minimum Gasteiger partial charge on any atom is -0.373 e. The number of hydrogen-bond acceptors (Lipinski definition) is 1. The fourth-order valence-corrected chi connectivity index (χ4v) is 2.57. The first-order chi connectivity index (χ1) is 7.24. The second-order valence-corrected chi connectivity index (χ2v) is 4.80. The Balaban J connectivity index is 2.32. The van der Waals surface area contributed by atoms with Gasteiger partial charge in [0.25, 0.3) is 0 Å². The first-order valence-electron chi connectivity index (χ1n) is 4.85. The van der Waals surface area contributed by atoms with Crippen molar-refractivity contribution < 1.29 is 9.13 Å². The summed E-state index contributed by atoms with van der Waals surface area (Å²) in [6.45, 7) is 0.661. The van der Waals surface area contributed by atoms with Gasteiger partial charge < -0.3 is 4.74 Å². The Morgan fingerprint density at radius 2 is 2.33 bits per heavy atom. The van der Waals surface area contributed by atoms with E-state index in [9.17, 15) is 4.39 Å². The highest BCUT2D eigenvalue weighted by Crippen LogP contribution is 2.37. The van der Waals surface area contributed by atoms with Crippen LogP contribution in [0.4, 0.5) is 4.39 Å². The van der Waals surface area contributed by atoms with Gasteiger partial charge >= 0.3 is 0 Å². The summed E-state index contributed by atoms with van der Waals surface area (Å²) in [6, 6.07) is 5.26. The molecule has 0 amide bonds. The van der Waals surface area contributed by atoms with Crippen LogP contribution in [0.25, 0.3) is 0 Å². The topological polar surface area (TPSA) is 9.23 Å². The molecule has 1 aromatic carbocycles. The van der Waals surface area contributed by atoms with E-state index in [4.69, 9.17) is 16.3 Å². The fourth-order valence-electron chi connectivity index (χ4n) is 1.88. The van der Waals surface area contributed by atoms with Crippen LogP contribution in [0.5, 0.6) is 0 Å². The van der Waals surface area contributed by atoms with Crippen LogP contribution in [0.15, 0.2) is 22.7 Å². The predicted molar refractivity (Wildman–Crippen MR) is 61.6 cm³/mol.